The Kier molecular flexibility index (Phi) is 4.10. The van der Waals surface area contributed by atoms with Crippen molar-refractivity contribution in [3.63, 3.8) is 0 Å². The van der Waals surface area contributed by atoms with Gasteiger partial charge in [-0.3, -0.25) is 4.79 Å². The molecular weight excluding hydrogens is 344 g/mol. The number of likely N-dealkylation sites (tertiary alicyclic amines) is 1. The van der Waals surface area contributed by atoms with Gasteiger partial charge in [-0.25, -0.2) is 4.98 Å². The number of carbonyl (C=O) groups is 1. The van der Waals surface area contributed by atoms with Crippen molar-refractivity contribution in [3.05, 3.63) is 35.7 Å². The van der Waals surface area contributed by atoms with Crippen molar-refractivity contribution in [2.75, 3.05) is 13.1 Å². The van der Waals surface area contributed by atoms with Crippen LogP contribution in [0.2, 0.25) is 0 Å². The molecule has 27 heavy (non-hydrogen) atoms. The molecule has 3 aromatic heterocycles. The van der Waals surface area contributed by atoms with E-state index in [1.165, 1.54) is 19.3 Å². The van der Waals surface area contributed by atoms with Crippen LogP contribution >= 0.6 is 0 Å². The van der Waals surface area contributed by atoms with Crippen LogP contribution in [0.3, 0.4) is 0 Å². The number of rotatable bonds is 2. The van der Waals surface area contributed by atoms with Crippen LogP contribution in [0.4, 0.5) is 0 Å². The van der Waals surface area contributed by atoms with Crippen LogP contribution in [-0.4, -0.2) is 48.8 Å². The first-order valence-corrected chi connectivity index (χ1v) is 9.73. The summed E-state index contributed by atoms with van der Waals surface area (Å²) in [6.07, 6.45) is 8.12. The van der Waals surface area contributed by atoms with Gasteiger partial charge in [-0.05, 0) is 37.8 Å². The molecule has 2 aliphatic heterocycles. The largest absolute Gasteiger partial charge is 0.348 e. The number of aromatic nitrogens is 5. The molecule has 5 heterocycles. The van der Waals surface area contributed by atoms with Gasteiger partial charge in [0.15, 0.2) is 0 Å². The Morgan fingerprint density at radius 2 is 2.00 bits per heavy atom. The molecule has 1 saturated heterocycles. The van der Waals surface area contributed by atoms with Gasteiger partial charge in [-0.1, -0.05) is 11.6 Å². The highest BCUT2D eigenvalue weighted by Crippen LogP contribution is 2.30. The molecule has 0 atom stereocenters. The smallest absolute Gasteiger partial charge is 0.293 e. The standard InChI is InChI=1S/C19H22N6O2/c26-19(16-14-5-4-9-20-17(14)23-27-16)24-11-7-13(8-12-24)18-22-21-15-6-2-1-3-10-25(15)18/h4-5,9,13H,1-3,6-8,10-12H2. The molecule has 0 bridgehead atoms. The number of pyridine rings is 1. The Labute approximate surface area is 156 Å². The fourth-order valence-corrected chi connectivity index (χ4v) is 4.23. The number of aryl methyl sites for hydroxylation is 1. The topological polar surface area (TPSA) is 89.9 Å². The predicted molar refractivity (Wildman–Crippen MR) is 97.3 cm³/mol. The Bertz CT molecular complexity index is 970. The summed E-state index contributed by atoms with van der Waals surface area (Å²) in [6, 6.07) is 3.61. The summed E-state index contributed by atoms with van der Waals surface area (Å²) in [5.74, 6) is 2.77. The Morgan fingerprint density at radius 3 is 2.89 bits per heavy atom. The van der Waals surface area contributed by atoms with Crippen LogP contribution in [-0.2, 0) is 13.0 Å². The first-order valence-electron chi connectivity index (χ1n) is 9.73. The van der Waals surface area contributed by atoms with Crippen molar-refractivity contribution >= 4 is 16.9 Å². The van der Waals surface area contributed by atoms with Gasteiger partial charge < -0.3 is 14.0 Å². The van der Waals surface area contributed by atoms with Gasteiger partial charge in [-0.15, -0.1) is 10.2 Å². The molecule has 2 aliphatic rings. The number of nitrogens with zero attached hydrogens (tertiary/aromatic N) is 6. The molecule has 0 spiro atoms. The number of amides is 1. The van der Waals surface area contributed by atoms with E-state index in [0.717, 1.165) is 37.5 Å². The van der Waals surface area contributed by atoms with Crippen LogP contribution in [0.25, 0.3) is 11.0 Å². The summed E-state index contributed by atoms with van der Waals surface area (Å²) in [4.78, 5) is 18.9. The van der Waals surface area contributed by atoms with Crippen LogP contribution in [0.5, 0.6) is 0 Å². The first kappa shape index (κ1) is 16.4. The molecule has 0 unspecified atom stereocenters. The van der Waals surface area contributed by atoms with Crippen LogP contribution in [0.1, 0.15) is 60.2 Å². The van der Waals surface area contributed by atoms with Gasteiger partial charge in [0.05, 0.1) is 5.39 Å². The maximum atomic E-state index is 12.9. The van der Waals surface area contributed by atoms with Gasteiger partial charge >= 0.3 is 0 Å². The molecular formula is C19H22N6O2. The zero-order chi connectivity index (χ0) is 18.2. The van der Waals surface area contributed by atoms with E-state index in [4.69, 9.17) is 4.52 Å². The van der Waals surface area contributed by atoms with E-state index in [9.17, 15) is 4.79 Å². The van der Waals surface area contributed by atoms with E-state index >= 15 is 0 Å². The summed E-state index contributed by atoms with van der Waals surface area (Å²) in [6.45, 7) is 2.40. The minimum Gasteiger partial charge on any atom is -0.348 e. The summed E-state index contributed by atoms with van der Waals surface area (Å²) in [5.41, 5.74) is 0.474. The summed E-state index contributed by atoms with van der Waals surface area (Å²) < 4.78 is 7.61. The maximum Gasteiger partial charge on any atom is 0.293 e. The highest BCUT2D eigenvalue weighted by atomic mass is 16.5. The summed E-state index contributed by atoms with van der Waals surface area (Å²) >= 11 is 0. The van der Waals surface area contributed by atoms with E-state index < -0.39 is 0 Å². The molecule has 0 N–H and O–H groups in total. The van der Waals surface area contributed by atoms with E-state index in [1.807, 2.05) is 11.0 Å². The number of fused-ring (bicyclic) bond motifs is 2. The van der Waals surface area contributed by atoms with Crippen molar-refractivity contribution in [1.82, 2.24) is 29.8 Å². The summed E-state index contributed by atoms with van der Waals surface area (Å²) in [7, 11) is 0. The fraction of sp³-hybridized carbons (Fsp3) is 0.526. The van der Waals surface area contributed by atoms with Crippen molar-refractivity contribution in [2.24, 2.45) is 0 Å². The van der Waals surface area contributed by atoms with Gasteiger partial charge in [-0.2, -0.15) is 0 Å². The molecule has 1 amide bonds. The molecule has 0 radical (unpaired) electrons. The van der Waals surface area contributed by atoms with E-state index in [-0.39, 0.29) is 11.7 Å². The molecule has 0 aromatic carbocycles. The van der Waals surface area contributed by atoms with Gasteiger partial charge in [0, 0.05) is 38.2 Å². The third kappa shape index (κ3) is 2.89. The predicted octanol–water partition coefficient (Wildman–Crippen LogP) is 2.56. The van der Waals surface area contributed by atoms with E-state index in [1.54, 1.807) is 12.3 Å². The van der Waals surface area contributed by atoms with Crippen molar-refractivity contribution in [3.8, 4) is 0 Å². The second-order valence-corrected chi connectivity index (χ2v) is 7.39. The zero-order valence-electron chi connectivity index (χ0n) is 15.2. The second kappa shape index (κ2) is 6.75. The maximum absolute atomic E-state index is 12.9. The van der Waals surface area contributed by atoms with Crippen molar-refractivity contribution < 1.29 is 9.32 Å². The zero-order valence-corrected chi connectivity index (χ0v) is 15.2. The monoisotopic (exact) mass is 366 g/mol. The van der Waals surface area contributed by atoms with Gasteiger partial charge in [0.25, 0.3) is 5.91 Å². The molecule has 140 valence electrons. The fourth-order valence-electron chi connectivity index (χ4n) is 4.23. The minimum atomic E-state index is -0.107. The number of hydrogen-bond donors (Lipinski definition) is 0. The lowest BCUT2D eigenvalue weighted by Gasteiger charge is -2.31. The van der Waals surface area contributed by atoms with Crippen molar-refractivity contribution in [1.29, 1.82) is 0 Å². The molecule has 0 saturated carbocycles. The van der Waals surface area contributed by atoms with Crippen molar-refractivity contribution in [2.45, 2.75) is 51.0 Å². The Hall–Kier alpha value is -2.77. The number of carbonyl (C=O) groups excluding carboxylic acids is 1. The molecule has 8 heteroatoms. The number of hydrogen-bond acceptors (Lipinski definition) is 6. The van der Waals surface area contributed by atoms with Gasteiger partial charge in [0.1, 0.15) is 11.6 Å². The first-order chi connectivity index (χ1) is 13.3. The second-order valence-electron chi connectivity index (χ2n) is 7.39. The lowest BCUT2D eigenvalue weighted by atomic mass is 9.95. The third-order valence-corrected chi connectivity index (χ3v) is 5.73. The molecule has 0 aliphatic carbocycles. The normalized spacial score (nSPS) is 18.4. The Morgan fingerprint density at radius 1 is 1.11 bits per heavy atom. The highest BCUT2D eigenvalue weighted by molar-refractivity contribution is 6.02. The third-order valence-electron chi connectivity index (χ3n) is 5.73. The molecule has 3 aromatic rings. The average molecular weight is 366 g/mol. The van der Waals surface area contributed by atoms with E-state index in [0.29, 0.717) is 30.0 Å². The van der Waals surface area contributed by atoms with Crippen LogP contribution in [0, 0.1) is 0 Å². The van der Waals surface area contributed by atoms with E-state index in [2.05, 4.69) is 24.9 Å². The number of piperidine rings is 1. The quantitative estimate of drug-likeness (QED) is 0.692. The highest BCUT2D eigenvalue weighted by Gasteiger charge is 2.31. The molecule has 5 rings (SSSR count). The van der Waals surface area contributed by atoms with Crippen LogP contribution in [0.15, 0.2) is 22.9 Å². The van der Waals surface area contributed by atoms with Gasteiger partial charge in [0.2, 0.25) is 11.4 Å². The molecule has 1 fully saturated rings. The lowest BCUT2D eigenvalue weighted by Crippen LogP contribution is -2.38. The van der Waals surface area contributed by atoms with Crippen LogP contribution < -0.4 is 0 Å². The lowest BCUT2D eigenvalue weighted by molar-refractivity contribution is 0.0671. The minimum absolute atomic E-state index is 0.107. The molecule has 8 nitrogen and oxygen atoms in total. The Balaban J connectivity index is 1.30. The average Bonchev–Trinajstić information content (AvgIpc) is 3.25. The summed E-state index contributed by atoms with van der Waals surface area (Å²) in [5, 5.41) is 13.5. The SMILES string of the molecule is O=C(c1onc2ncccc12)N1CCC(c2nnc3n2CCCCC3)CC1.